The monoisotopic (exact) mass is 483 g/mol. The molecule has 3 rings (SSSR count). The second kappa shape index (κ2) is 10.7. The molecule has 0 bridgehead atoms. The summed E-state index contributed by atoms with van der Waals surface area (Å²) in [6, 6.07) is 11.1. The van der Waals surface area contributed by atoms with Crippen molar-refractivity contribution in [1.82, 2.24) is 4.98 Å². The fraction of sp³-hybridized carbons (Fsp3) is 0.333. The van der Waals surface area contributed by atoms with Gasteiger partial charge in [0.1, 0.15) is 17.2 Å². The Balaban J connectivity index is 2.12. The molecule has 2 aromatic carbocycles. The standard InChI is InChI=1S/C27H31F2N3O3/c1-6-31(7-2)23-16-19(25(33)30-17-23)14-18-15-21(29)10-13-24(18)32(26(34)35-27(3,4)5)22-11-8-20(28)9-12-22/h8-13,15-17H,6-7,14H2,1-5H3,(H,30,33). The van der Waals surface area contributed by atoms with Crippen molar-refractivity contribution in [3.63, 3.8) is 0 Å². The minimum atomic E-state index is -0.801. The van der Waals surface area contributed by atoms with Crippen LogP contribution < -0.4 is 15.4 Å². The van der Waals surface area contributed by atoms with E-state index in [0.29, 0.717) is 22.5 Å². The molecule has 0 saturated heterocycles. The van der Waals surface area contributed by atoms with Crippen LogP contribution in [0.25, 0.3) is 0 Å². The number of H-pyrrole nitrogens is 1. The van der Waals surface area contributed by atoms with E-state index in [1.807, 2.05) is 13.8 Å². The summed E-state index contributed by atoms with van der Waals surface area (Å²) in [6.45, 7) is 10.7. The minimum absolute atomic E-state index is 0.0675. The number of carbonyl (C=O) groups is 1. The third-order valence-corrected chi connectivity index (χ3v) is 5.42. The molecule has 0 saturated carbocycles. The highest BCUT2D eigenvalue weighted by atomic mass is 19.1. The summed E-state index contributed by atoms with van der Waals surface area (Å²) in [6.07, 6.45) is 1.01. The highest BCUT2D eigenvalue weighted by Gasteiger charge is 2.27. The molecule has 1 heterocycles. The summed E-state index contributed by atoms with van der Waals surface area (Å²) >= 11 is 0. The molecular formula is C27H31F2N3O3. The van der Waals surface area contributed by atoms with E-state index in [0.717, 1.165) is 18.8 Å². The van der Waals surface area contributed by atoms with Gasteiger partial charge in [0.05, 0.1) is 17.1 Å². The van der Waals surface area contributed by atoms with E-state index in [1.54, 1.807) is 33.0 Å². The summed E-state index contributed by atoms with van der Waals surface area (Å²) in [4.78, 5) is 32.0. The molecule has 0 spiro atoms. The lowest BCUT2D eigenvalue weighted by Gasteiger charge is -2.29. The van der Waals surface area contributed by atoms with E-state index in [1.165, 1.54) is 47.4 Å². The van der Waals surface area contributed by atoms with Gasteiger partial charge in [-0.1, -0.05) is 0 Å². The van der Waals surface area contributed by atoms with Crippen LogP contribution in [0.5, 0.6) is 0 Å². The molecule has 8 heteroatoms. The van der Waals surface area contributed by atoms with Crippen molar-refractivity contribution in [3.05, 3.63) is 87.8 Å². The highest BCUT2D eigenvalue weighted by Crippen LogP contribution is 2.33. The molecule has 3 aromatic rings. The van der Waals surface area contributed by atoms with Gasteiger partial charge in [0, 0.05) is 31.3 Å². The number of ether oxygens (including phenoxy) is 1. The Morgan fingerprint density at radius 3 is 2.14 bits per heavy atom. The molecular weight excluding hydrogens is 452 g/mol. The van der Waals surface area contributed by atoms with Gasteiger partial charge < -0.3 is 14.6 Å². The van der Waals surface area contributed by atoms with E-state index in [4.69, 9.17) is 4.74 Å². The summed E-state index contributed by atoms with van der Waals surface area (Å²) in [5.41, 5.74) is 1.24. The van der Waals surface area contributed by atoms with E-state index in [-0.39, 0.29) is 12.0 Å². The van der Waals surface area contributed by atoms with Crippen molar-refractivity contribution in [2.24, 2.45) is 0 Å². The van der Waals surface area contributed by atoms with E-state index in [2.05, 4.69) is 9.88 Å². The first-order valence-corrected chi connectivity index (χ1v) is 11.6. The van der Waals surface area contributed by atoms with Gasteiger partial charge in [-0.2, -0.15) is 0 Å². The lowest BCUT2D eigenvalue weighted by Crippen LogP contribution is -2.34. The Bertz CT molecular complexity index is 1230. The zero-order valence-electron chi connectivity index (χ0n) is 20.7. The molecule has 186 valence electrons. The van der Waals surface area contributed by atoms with E-state index < -0.39 is 23.3 Å². The van der Waals surface area contributed by atoms with Crippen LogP contribution >= 0.6 is 0 Å². The first-order chi connectivity index (χ1) is 16.5. The van der Waals surface area contributed by atoms with Gasteiger partial charge in [-0.15, -0.1) is 0 Å². The molecule has 0 radical (unpaired) electrons. The topological polar surface area (TPSA) is 65.6 Å². The molecule has 6 nitrogen and oxygen atoms in total. The molecule has 0 aliphatic heterocycles. The van der Waals surface area contributed by atoms with Crippen LogP contribution in [0.4, 0.5) is 30.6 Å². The third-order valence-electron chi connectivity index (χ3n) is 5.42. The normalized spacial score (nSPS) is 11.3. The maximum atomic E-state index is 14.4. The second-order valence-corrected chi connectivity index (χ2v) is 9.13. The predicted molar refractivity (Wildman–Crippen MR) is 135 cm³/mol. The first-order valence-electron chi connectivity index (χ1n) is 11.6. The van der Waals surface area contributed by atoms with Crippen LogP contribution in [0.1, 0.15) is 45.7 Å². The van der Waals surface area contributed by atoms with Crippen molar-refractivity contribution in [2.75, 3.05) is 22.9 Å². The summed E-state index contributed by atoms with van der Waals surface area (Å²) < 4.78 is 33.6. The number of aromatic nitrogens is 1. The van der Waals surface area contributed by atoms with Gasteiger partial charge in [0.15, 0.2) is 0 Å². The number of pyridine rings is 1. The van der Waals surface area contributed by atoms with Crippen molar-refractivity contribution in [1.29, 1.82) is 0 Å². The number of halogens is 2. The maximum absolute atomic E-state index is 14.4. The Kier molecular flexibility index (Phi) is 7.94. The van der Waals surface area contributed by atoms with Gasteiger partial charge in [0.25, 0.3) is 5.56 Å². The second-order valence-electron chi connectivity index (χ2n) is 9.13. The van der Waals surface area contributed by atoms with Crippen LogP contribution in [0.15, 0.2) is 59.5 Å². The molecule has 1 aromatic heterocycles. The number of anilines is 3. The fourth-order valence-electron chi connectivity index (χ4n) is 3.78. The Morgan fingerprint density at radius 1 is 0.914 bits per heavy atom. The fourth-order valence-corrected chi connectivity index (χ4v) is 3.78. The van der Waals surface area contributed by atoms with Crippen molar-refractivity contribution in [3.8, 4) is 0 Å². The van der Waals surface area contributed by atoms with E-state index in [9.17, 15) is 18.4 Å². The SMILES string of the molecule is CCN(CC)c1c[nH]c(=O)c(Cc2cc(F)ccc2N(C(=O)OC(C)(C)C)c2ccc(F)cc2)c1. The number of hydrogen-bond acceptors (Lipinski definition) is 4. The molecule has 0 atom stereocenters. The zero-order valence-corrected chi connectivity index (χ0v) is 20.7. The van der Waals surface area contributed by atoms with Gasteiger partial charge >= 0.3 is 6.09 Å². The summed E-state index contributed by atoms with van der Waals surface area (Å²) in [5, 5.41) is 0. The Labute approximate surface area is 204 Å². The zero-order chi connectivity index (χ0) is 25.8. The number of carbonyl (C=O) groups excluding carboxylic acids is 1. The molecule has 1 N–H and O–H groups in total. The van der Waals surface area contributed by atoms with Crippen LogP contribution in [-0.2, 0) is 11.2 Å². The number of nitrogens with one attached hydrogen (secondary N) is 1. The smallest absolute Gasteiger partial charge is 0.419 e. The van der Waals surface area contributed by atoms with Crippen molar-refractivity contribution in [2.45, 2.75) is 46.6 Å². The molecule has 1 amide bonds. The number of aromatic amines is 1. The minimum Gasteiger partial charge on any atom is -0.443 e. The quantitative estimate of drug-likeness (QED) is 0.437. The van der Waals surface area contributed by atoms with Gasteiger partial charge in [-0.25, -0.2) is 18.5 Å². The molecule has 0 unspecified atom stereocenters. The summed E-state index contributed by atoms with van der Waals surface area (Å²) in [5.74, 6) is -0.972. The van der Waals surface area contributed by atoms with Crippen LogP contribution in [0.3, 0.4) is 0 Å². The van der Waals surface area contributed by atoms with Gasteiger partial charge in [0.2, 0.25) is 0 Å². The number of nitrogens with zero attached hydrogens (tertiary/aromatic N) is 2. The predicted octanol–water partition coefficient (Wildman–Crippen LogP) is 6.16. The van der Waals surface area contributed by atoms with Crippen LogP contribution in [-0.4, -0.2) is 29.8 Å². The van der Waals surface area contributed by atoms with Gasteiger partial charge in [-0.05, 0) is 88.7 Å². The Morgan fingerprint density at radius 2 is 1.54 bits per heavy atom. The first kappa shape index (κ1) is 25.9. The molecule has 0 fully saturated rings. The van der Waals surface area contributed by atoms with Crippen LogP contribution in [0, 0.1) is 11.6 Å². The Hall–Kier alpha value is -3.68. The highest BCUT2D eigenvalue weighted by molar-refractivity contribution is 5.97. The van der Waals surface area contributed by atoms with Crippen molar-refractivity contribution >= 4 is 23.2 Å². The lowest BCUT2D eigenvalue weighted by molar-refractivity contribution is 0.0599. The average Bonchev–Trinajstić information content (AvgIpc) is 2.78. The van der Waals surface area contributed by atoms with E-state index >= 15 is 0 Å². The van der Waals surface area contributed by atoms with Gasteiger partial charge in [-0.3, -0.25) is 4.79 Å². The lowest BCUT2D eigenvalue weighted by atomic mass is 10.0. The maximum Gasteiger partial charge on any atom is 0.419 e. The summed E-state index contributed by atoms with van der Waals surface area (Å²) in [7, 11) is 0. The molecule has 0 aliphatic carbocycles. The largest absolute Gasteiger partial charge is 0.443 e. The number of hydrogen-bond donors (Lipinski definition) is 1. The number of amides is 1. The van der Waals surface area contributed by atoms with Crippen molar-refractivity contribution < 1.29 is 18.3 Å². The van der Waals surface area contributed by atoms with Crippen LogP contribution in [0.2, 0.25) is 0 Å². The molecule has 0 aliphatic rings. The molecule has 35 heavy (non-hydrogen) atoms. The number of rotatable bonds is 7. The third kappa shape index (κ3) is 6.47. The average molecular weight is 484 g/mol. The number of benzene rings is 2.